The van der Waals surface area contributed by atoms with Crippen molar-refractivity contribution < 1.29 is 23.9 Å². The van der Waals surface area contributed by atoms with Crippen molar-refractivity contribution in [3.05, 3.63) is 78.2 Å². The van der Waals surface area contributed by atoms with Gasteiger partial charge in [-0.25, -0.2) is 4.98 Å². The van der Waals surface area contributed by atoms with E-state index in [1.807, 2.05) is 43.3 Å². The van der Waals surface area contributed by atoms with Gasteiger partial charge in [0.25, 0.3) is 0 Å². The zero-order valence-corrected chi connectivity index (χ0v) is 39.7. The minimum absolute atomic E-state index is 0.0797. The molecule has 1 amide bonds. The lowest BCUT2D eigenvalue weighted by molar-refractivity contribution is -0.198. The predicted octanol–water partition coefficient (Wildman–Crippen LogP) is 9.16. The van der Waals surface area contributed by atoms with Crippen molar-refractivity contribution in [1.82, 2.24) is 19.8 Å². The zero-order valence-electron chi connectivity index (χ0n) is 39.7. The van der Waals surface area contributed by atoms with Crippen molar-refractivity contribution in [2.24, 2.45) is 69.3 Å². The highest BCUT2D eigenvalue weighted by Gasteiger charge is 2.66. The van der Waals surface area contributed by atoms with Gasteiger partial charge in [-0.1, -0.05) is 87.9 Å². The summed E-state index contributed by atoms with van der Waals surface area (Å²) in [6.45, 7) is 13.3. The fraction of sp³-hybridized carbons (Fsp3) is 0.667. The Morgan fingerprint density at radius 2 is 1.52 bits per heavy atom. The average Bonchev–Trinajstić information content (AvgIpc) is 3.93. The number of nitrogens with two attached hydrogens (primary N) is 1. The fourth-order valence-corrected chi connectivity index (χ4v) is 15.1. The number of hydrogen-bond acceptors (Lipinski definition) is 8. The van der Waals surface area contributed by atoms with Gasteiger partial charge >= 0.3 is 11.9 Å². The molecule has 1 heterocycles. The van der Waals surface area contributed by atoms with Gasteiger partial charge in [0.15, 0.2) is 0 Å². The summed E-state index contributed by atoms with van der Waals surface area (Å²) in [4.78, 5) is 49.0. The summed E-state index contributed by atoms with van der Waals surface area (Å²) in [7, 11) is 4.19. The third-order valence-corrected chi connectivity index (χ3v) is 18.7. The molecule has 1 aromatic heterocycles. The molecule has 10 nitrogen and oxygen atoms in total. The molecule has 6 aliphatic rings. The molecular weight excluding hydrogens is 799 g/mol. The summed E-state index contributed by atoms with van der Waals surface area (Å²) >= 11 is 0. The van der Waals surface area contributed by atoms with Gasteiger partial charge in [-0.3, -0.25) is 14.4 Å². The Morgan fingerprint density at radius 3 is 2.23 bits per heavy atom. The molecule has 0 bridgehead atoms. The molecule has 3 N–H and O–H groups in total. The van der Waals surface area contributed by atoms with Crippen LogP contribution in [0.5, 0.6) is 0 Å². The number of carbonyl (C=O) groups is 3. The van der Waals surface area contributed by atoms with E-state index in [9.17, 15) is 9.59 Å². The highest BCUT2D eigenvalue weighted by atomic mass is 16.5. The first-order valence-electron chi connectivity index (χ1n) is 24.8. The van der Waals surface area contributed by atoms with Crippen LogP contribution in [0.1, 0.15) is 123 Å². The van der Waals surface area contributed by atoms with Crippen molar-refractivity contribution in [2.45, 2.75) is 143 Å². The summed E-state index contributed by atoms with van der Waals surface area (Å²) in [5.41, 5.74) is 9.48. The van der Waals surface area contributed by atoms with Crippen LogP contribution in [0.15, 0.2) is 66.9 Å². The number of benzene rings is 2. The Kier molecular flexibility index (Phi) is 12.2. The molecule has 6 saturated carbocycles. The minimum atomic E-state index is -0.646. The van der Waals surface area contributed by atoms with Crippen LogP contribution in [-0.2, 0) is 42.5 Å². The smallest absolute Gasteiger partial charge is 0.309 e. The topological polar surface area (TPSA) is 129 Å². The Labute approximate surface area is 382 Å². The lowest BCUT2D eigenvalue weighted by Crippen LogP contribution is -2.65. The first kappa shape index (κ1) is 45.1. The van der Waals surface area contributed by atoms with Gasteiger partial charge in [0, 0.05) is 30.9 Å². The van der Waals surface area contributed by atoms with E-state index >= 15 is 4.79 Å². The molecule has 13 atom stereocenters. The van der Waals surface area contributed by atoms with Gasteiger partial charge in [0.05, 0.1) is 28.5 Å². The number of nitrogens with one attached hydrogen (secondary N) is 1. The first-order chi connectivity index (χ1) is 30.6. The van der Waals surface area contributed by atoms with Gasteiger partial charge < -0.3 is 30.0 Å². The number of esters is 2. The first-order valence-corrected chi connectivity index (χ1v) is 24.8. The number of aromatic nitrogens is 2. The van der Waals surface area contributed by atoms with Crippen LogP contribution in [0.3, 0.4) is 0 Å². The molecule has 346 valence electrons. The molecule has 6 fully saturated rings. The van der Waals surface area contributed by atoms with Crippen LogP contribution in [0.25, 0.3) is 11.3 Å². The highest BCUT2D eigenvalue weighted by molar-refractivity contribution is 5.84. The maximum absolute atomic E-state index is 15.0. The van der Waals surface area contributed by atoms with E-state index in [4.69, 9.17) is 20.2 Å². The Balaban J connectivity index is 0.843. The zero-order chi connectivity index (χ0) is 45.2. The molecule has 13 unspecified atom stereocenters. The van der Waals surface area contributed by atoms with Gasteiger partial charge in [-0.15, -0.1) is 0 Å². The standard InChI is InChI=1S/C54H75N5O5/c1-34-38(47(60)63-33-35-15-10-8-11-16-35)31-39(34)48(61)64-44-24-27-53(5)42(46(44)55)22-26-52(4)40-23-28-54(25-14-19-41(54)37(40)20-21-45(52)53)50(62)57-51(2,3)49-56-43(36-17-12-9-13-18-36)32-59(49)30-29-58(6)7/h8-13,15-18,32,34,37-42,44-46H,14,19-31,33,55H2,1-7H3,(H,57,62). The van der Waals surface area contributed by atoms with Crippen molar-refractivity contribution in [3.63, 3.8) is 0 Å². The lowest BCUT2D eigenvalue weighted by atomic mass is 9.38. The highest BCUT2D eigenvalue weighted by Crippen LogP contribution is 2.71. The van der Waals surface area contributed by atoms with E-state index in [0.29, 0.717) is 36.0 Å². The summed E-state index contributed by atoms with van der Waals surface area (Å²) < 4.78 is 14.2. The van der Waals surface area contributed by atoms with Crippen LogP contribution < -0.4 is 11.1 Å². The summed E-state index contributed by atoms with van der Waals surface area (Å²) in [5.74, 6) is 2.40. The van der Waals surface area contributed by atoms with Crippen molar-refractivity contribution in [2.75, 3.05) is 20.6 Å². The Morgan fingerprint density at radius 1 is 0.844 bits per heavy atom. The summed E-state index contributed by atoms with van der Waals surface area (Å²) in [6, 6.07) is 19.9. The van der Waals surface area contributed by atoms with E-state index in [1.165, 1.54) is 12.8 Å². The van der Waals surface area contributed by atoms with Crippen LogP contribution in [0.2, 0.25) is 0 Å². The minimum Gasteiger partial charge on any atom is -0.461 e. The molecular formula is C54H75N5O5. The number of ether oxygens (including phenoxy) is 2. The van der Waals surface area contributed by atoms with E-state index in [2.05, 4.69) is 87.0 Å². The molecule has 0 saturated heterocycles. The molecule has 0 spiro atoms. The molecule has 0 radical (unpaired) electrons. The van der Waals surface area contributed by atoms with Crippen molar-refractivity contribution in [1.29, 1.82) is 0 Å². The van der Waals surface area contributed by atoms with Gasteiger partial charge in [-0.2, -0.15) is 0 Å². The quantitative estimate of drug-likeness (QED) is 0.173. The maximum atomic E-state index is 15.0. The number of carbonyl (C=O) groups excluding carboxylic acids is 3. The summed E-state index contributed by atoms with van der Waals surface area (Å²) in [5, 5.41) is 3.65. The second-order valence-electron chi connectivity index (χ2n) is 22.6. The SMILES string of the molecule is CC1C(C(=O)OCc2ccccc2)CC1C(=O)OC1CCC2(C)C(CCC3(C)C4CCC5(C(=O)NC(C)(C)c6nc(-c7ccccc7)cn6CCN(C)C)CCCC5C4CCC23)C1N. The molecule has 10 heteroatoms. The second-order valence-corrected chi connectivity index (χ2v) is 22.6. The van der Waals surface area contributed by atoms with Crippen LogP contribution in [-0.4, -0.2) is 65.1 Å². The summed E-state index contributed by atoms with van der Waals surface area (Å²) in [6.07, 6.45) is 13.9. The van der Waals surface area contributed by atoms with Gasteiger partial charge in [0.1, 0.15) is 18.5 Å². The van der Waals surface area contributed by atoms with E-state index < -0.39 is 5.54 Å². The molecule has 9 rings (SSSR count). The number of fused-ring (bicyclic) bond motifs is 7. The predicted molar refractivity (Wildman–Crippen MR) is 249 cm³/mol. The third-order valence-electron chi connectivity index (χ3n) is 18.7. The fourth-order valence-electron chi connectivity index (χ4n) is 15.1. The molecule has 0 aliphatic heterocycles. The second kappa shape index (κ2) is 17.3. The van der Waals surface area contributed by atoms with Gasteiger partial charge in [-0.05, 0) is 150 Å². The Bertz CT molecular complexity index is 2170. The monoisotopic (exact) mass is 874 g/mol. The molecule has 3 aromatic rings. The third kappa shape index (κ3) is 7.84. The normalized spacial score (nSPS) is 36.7. The van der Waals surface area contributed by atoms with E-state index in [1.54, 1.807) is 0 Å². The number of rotatable bonds is 12. The van der Waals surface area contributed by atoms with Crippen molar-refractivity contribution >= 4 is 17.8 Å². The average molecular weight is 874 g/mol. The van der Waals surface area contributed by atoms with Crippen LogP contribution in [0.4, 0.5) is 0 Å². The number of amides is 1. The van der Waals surface area contributed by atoms with Crippen molar-refractivity contribution in [3.8, 4) is 11.3 Å². The van der Waals surface area contributed by atoms with E-state index in [-0.39, 0.29) is 70.6 Å². The van der Waals surface area contributed by atoms with Gasteiger partial charge in [0.2, 0.25) is 5.91 Å². The van der Waals surface area contributed by atoms with Crippen LogP contribution >= 0.6 is 0 Å². The number of imidazole rings is 1. The number of nitrogens with zero attached hydrogens (tertiary/aromatic N) is 3. The Hall–Kier alpha value is -4.02. The molecule has 6 aliphatic carbocycles. The molecule has 64 heavy (non-hydrogen) atoms. The largest absolute Gasteiger partial charge is 0.461 e. The van der Waals surface area contributed by atoms with Crippen LogP contribution in [0, 0.1) is 63.6 Å². The maximum Gasteiger partial charge on any atom is 0.309 e. The molecule has 2 aromatic carbocycles. The number of likely N-dealkylation sites (N-methyl/N-ethyl adjacent to an activating group) is 1. The van der Waals surface area contributed by atoms with E-state index in [0.717, 1.165) is 93.5 Å². The lowest BCUT2D eigenvalue weighted by Gasteiger charge is -2.67. The number of hydrogen-bond donors (Lipinski definition) is 2.